The molecule has 0 amide bonds. The van der Waals surface area contributed by atoms with E-state index in [1.54, 1.807) is 0 Å². The molecule has 1 aromatic rings. The summed E-state index contributed by atoms with van der Waals surface area (Å²) < 4.78 is 4.65. The molecule has 0 aliphatic heterocycles. The number of hydrogen-bond donors (Lipinski definition) is 1. The number of nitrogens with zero attached hydrogens (tertiary/aromatic N) is 1. The topological polar surface area (TPSA) is 72.6 Å². The van der Waals surface area contributed by atoms with E-state index in [-0.39, 0.29) is 48.2 Å². The summed E-state index contributed by atoms with van der Waals surface area (Å²) >= 11 is 0. The first-order valence-corrected chi connectivity index (χ1v) is 3.17. The van der Waals surface area contributed by atoms with Crippen LogP contribution in [0.15, 0.2) is 18.2 Å². The fourth-order valence-corrected chi connectivity index (χ4v) is 0.866. The predicted molar refractivity (Wildman–Crippen MR) is 42.4 cm³/mol. The molecule has 13 heavy (non-hydrogen) atoms. The Labute approximate surface area is 98.3 Å². The second-order valence-electron chi connectivity index (χ2n) is 2.09. The molecule has 0 aliphatic rings. The molecule has 0 aromatic heterocycles. The van der Waals surface area contributed by atoms with Crippen molar-refractivity contribution in [2.24, 2.45) is 0 Å². The second kappa shape index (κ2) is 5.06. The summed E-state index contributed by atoms with van der Waals surface area (Å²) in [7, 11) is 1.27. The number of aromatic hydroxyl groups is 1. The molecule has 0 heterocycles. The molecule has 66 valence electrons. The van der Waals surface area contributed by atoms with E-state index in [0.717, 1.165) is 0 Å². The average Bonchev–Trinajstić information content (AvgIpc) is 2.03. The molecule has 0 spiro atoms. The Morgan fingerprint density at radius 3 is 2.62 bits per heavy atom. The van der Waals surface area contributed by atoms with Crippen LogP contribution in [0.2, 0.25) is 0 Å². The zero-order valence-corrected chi connectivity index (χ0v) is 9.35. The van der Waals surface area contributed by atoms with Crippen molar-refractivity contribution in [1.82, 2.24) is 0 Å². The maximum atomic E-state index is 10.3. The Bertz CT molecular complexity index is 321. The van der Waals surface area contributed by atoms with Crippen LogP contribution in [0.1, 0.15) is 1.43 Å². The van der Waals surface area contributed by atoms with Crippen LogP contribution >= 0.6 is 0 Å². The van der Waals surface area contributed by atoms with Crippen molar-refractivity contribution in [2.45, 2.75) is 0 Å². The van der Waals surface area contributed by atoms with Crippen molar-refractivity contribution in [3.63, 3.8) is 0 Å². The Balaban J connectivity index is 0. The third kappa shape index (κ3) is 2.58. The number of rotatable bonds is 2. The van der Waals surface area contributed by atoms with Gasteiger partial charge in [0.1, 0.15) is 0 Å². The van der Waals surface area contributed by atoms with Crippen LogP contribution in [0.4, 0.5) is 5.69 Å². The molecule has 0 atom stereocenters. The maximum absolute atomic E-state index is 10.3. The Kier molecular flexibility index (Phi) is 4.76. The first kappa shape index (κ1) is 12.2. The van der Waals surface area contributed by atoms with Crippen LogP contribution in [0.5, 0.6) is 11.5 Å². The molecule has 0 saturated heterocycles. The standard InChI is InChI=1S/C7H7NO4.Na.H/c1-12-7-5(8(10)11)3-2-4-6(7)9;;/h2-4,9H,1H3;;/q;+1;-1. The van der Waals surface area contributed by atoms with Gasteiger partial charge in [0.05, 0.1) is 12.0 Å². The third-order valence-corrected chi connectivity index (χ3v) is 1.37. The number of phenols is 1. The van der Waals surface area contributed by atoms with Gasteiger partial charge in [-0.1, -0.05) is 6.07 Å². The van der Waals surface area contributed by atoms with Gasteiger partial charge in [0.2, 0.25) is 5.75 Å². The van der Waals surface area contributed by atoms with E-state index >= 15 is 0 Å². The van der Waals surface area contributed by atoms with Gasteiger partial charge in [-0.25, -0.2) is 0 Å². The minimum atomic E-state index is -0.613. The van der Waals surface area contributed by atoms with E-state index in [4.69, 9.17) is 5.11 Å². The molecule has 1 rings (SSSR count). The van der Waals surface area contributed by atoms with E-state index in [1.165, 1.54) is 25.3 Å². The predicted octanol–water partition coefficient (Wildman–Crippen LogP) is -1.57. The molecule has 0 unspecified atom stereocenters. The zero-order valence-electron chi connectivity index (χ0n) is 8.35. The van der Waals surface area contributed by atoms with Crippen LogP contribution in [0, 0.1) is 10.1 Å². The normalized spacial score (nSPS) is 8.69. The average molecular weight is 193 g/mol. The summed E-state index contributed by atoms with van der Waals surface area (Å²) in [5.74, 6) is -0.339. The van der Waals surface area contributed by atoms with Crippen molar-refractivity contribution in [3.8, 4) is 11.5 Å². The van der Waals surface area contributed by atoms with Gasteiger partial charge in [-0.15, -0.1) is 0 Å². The van der Waals surface area contributed by atoms with Crippen molar-refractivity contribution in [2.75, 3.05) is 7.11 Å². The minimum absolute atomic E-state index is 0. The first-order valence-electron chi connectivity index (χ1n) is 3.17. The summed E-state index contributed by atoms with van der Waals surface area (Å²) in [6, 6.07) is 3.97. The largest absolute Gasteiger partial charge is 1.00 e. The van der Waals surface area contributed by atoms with Crippen LogP contribution in [0.3, 0.4) is 0 Å². The number of methoxy groups -OCH3 is 1. The smallest absolute Gasteiger partial charge is 1.00 e. The molecule has 1 N–H and O–H groups in total. The van der Waals surface area contributed by atoms with E-state index in [1.807, 2.05) is 0 Å². The third-order valence-electron chi connectivity index (χ3n) is 1.37. The molecule has 0 bridgehead atoms. The van der Waals surface area contributed by atoms with Gasteiger partial charge < -0.3 is 11.3 Å². The number of hydrogen-bond acceptors (Lipinski definition) is 4. The summed E-state index contributed by atoms with van der Waals surface area (Å²) in [6.07, 6.45) is 0. The van der Waals surface area contributed by atoms with E-state index in [0.29, 0.717) is 0 Å². The molecule has 0 radical (unpaired) electrons. The van der Waals surface area contributed by atoms with Gasteiger partial charge in [0, 0.05) is 6.07 Å². The number of para-hydroxylation sites is 1. The van der Waals surface area contributed by atoms with Gasteiger partial charge >= 0.3 is 35.2 Å². The van der Waals surface area contributed by atoms with Crippen molar-refractivity contribution in [1.29, 1.82) is 0 Å². The quantitative estimate of drug-likeness (QED) is 0.349. The Morgan fingerprint density at radius 2 is 2.23 bits per heavy atom. The molecule has 0 saturated carbocycles. The van der Waals surface area contributed by atoms with Gasteiger partial charge in [0.15, 0.2) is 5.75 Å². The summed E-state index contributed by atoms with van der Waals surface area (Å²) in [4.78, 5) is 9.73. The van der Waals surface area contributed by atoms with Gasteiger partial charge in [-0.3, -0.25) is 10.1 Å². The molecule has 6 heteroatoms. The number of nitro benzene ring substituents is 1. The van der Waals surface area contributed by atoms with Gasteiger partial charge in [-0.2, -0.15) is 0 Å². The van der Waals surface area contributed by atoms with Crippen LogP contribution in [-0.2, 0) is 0 Å². The van der Waals surface area contributed by atoms with E-state index < -0.39 is 4.92 Å². The fraction of sp³-hybridized carbons (Fsp3) is 0.143. The number of nitro groups is 1. The molecule has 1 aromatic carbocycles. The number of benzene rings is 1. The summed E-state index contributed by atoms with van der Waals surface area (Å²) in [5, 5.41) is 19.5. The molecule has 0 aliphatic carbocycles. The van der Waals surface area contributed by atoms with Crippen molar-refractivity contribution < 1.29 is 45.8 Å². The van der Waals surface area contributed by atoms with Crippen LogP contribution < -0.4 is 34.3 Å². The minimum Gasteiger partial charge on any atom is -1.00 e. The molecule has 0 fully saturated rings. The fourth-order valence-electron chi connectivity index (χ4n) is 0.866. The number of ether oxygens (including phenoxy) is 1. The van der Waals surface area contributed by atoms with Crippen LogP contribution in [0.25, 0.3) is 0 Å². The van der Waals surface area contributed by atoms with Crippen molar-refractivity contribution >= 4 is 5.69 Å². The number of phenolic OH excluding ortho intramolecular Hbond substituents is 1. The van der Waals surface area contributed by atoms with Gasteiger partial charge in [-0.05, 0) is 6.07 Å². The van der Waals surface area contributed by atoms with Crippen molar-refractivity contribution in [3.05, 3.63) is 28.3 Å². The first-order chi connectivity index (χ1) is 5.66. The Morgan fingerprint density at radius 1 is 1.62 bits per heavy atom. The zero-order chi connectivity index (χ0) is 9.14. The molecular weight excluding hydrogens is 185 g/mol. The maximum Gasteiger partial charge on any atom is 1.00 e. The molecular formula is C7H8NNaO4. The van der Waals surface area contributed by atoms with E-state index in [2.05, 4.69) is 4.74 Å². The van der Waals surface area contributed by atoms with Gasteiger partial charge in [0.25, 0.3) is 0 Å². The summed E-state index contributed by atoms with van der Waals surface area (Å²) in [6.45, 7) is 0. The monoisotopic (exact) mass is 193 g/mol. The molecule has 5 nitrogen and oxygen atoms in total. The summed E-state index contributed by atoms with van der Waals surface area (Å²) in [5.41, 5.74) is -0.238. The van der Waals surface area contributed by atoms with Crippen LogP contribution in [-0.4, -0.2) is 17.1 Å². The Hall–Kier alpha value is -0.780. The second-order valence-corrected chi connectivity index (χ2v) is 2.09. The van der Waals surface area contributed by atoms with E-state index in [9.17, 15) is 10.1 Å². The SMILES string of the molecule is COc1c(O)cccc1[N+](=O)[O-].[H-].[Na+].